The van der Waals surface area contributed by atoms with Gasteiger partial charge in [-0.15, -0.1) is 0 Å². The summed E-state index contributed by atoms with van der Waals surface area (Å²) in [5.74, 6) is 0. The van der Waals surface area contributed by atoms with Crippen LogP contribution in [0.2, 0.25) is 13.1 Å². The van der Waals surface area contributed by atoms with E-state index in [1.807, 2.05) is 18.2 Å². The van der Waals surface area contributed by atoms with Crippen molar-refractivity contribution in [3.05, 3.63) is 164 Å². The molecule has 9 rings (SSSR count). The molecule has 224 valence electrons. The first kappa shape index (κ1) is 28.2. The van der Waals surface area contributed by atoms with Crippen LogP contribution < -0.4 is 26.3 Å². The Bertz CT molecular complexity index is 2520. The zero-order chi connectivity index (χ0) is 31.8. The van der Waals surface area contributed by atoms with Crippen LogP contribution in [0.15, 0.2) is 164 Å². The van der Waals surface area contributed by atoms with Gasteiger partial charge in [-0.25, -0.2) is 0 Å². The van der Waals surface area contributed by atoms with Gasteiger partial charge in [0.1, 0.15) is 8.07 Å². The minimum atomic E-state index is -3.14. The average Bonchev–Trinajstić information content (AvgIpc) is 3.13. The van der Waals surface area contributed by atoms with Crippen LogP contribution >= 0.6 is 7.14 Å². The lowest BCUT2D eigenvalue weighted by molar-refractivity contribution is 0.592. The van der Waals surface area contributed by atoms with Gasteiger partial charge in [-0.3, -0.25) is 0 Å². The summed E-state index contributed by atoms with van der Waals surface area (Å²) in [5, 5.41) is 12.8. The van der Waals surface area contributed by atoms with Gasteiger partial charge in [-0.05, 0) is 71.0 Å². The zero-order valence-electron chi connectivity index (χ0n) is 26.4. The van der Waals surface area contributed by atoms with E-state index in [2.05, 4.69) is 159 Å². The van der Waals surface area contributed by atoms with E-state index in [1.165, 1.54) is 59.4 Å². The van der Waals surface area contributed by atoms with E-state index in [0.29, 0.717) is 0 Å². The molecule has 3 heteroatoms. The van der Waals surface area contributed by atoms with E-state index in [1.54, 1.807) is 0 Å². The van der Waals surface area contributed by atoms with Crippen molar-refractivity contribution < 1.29 is 4.57 Å². The van der Waals surface area contributed by atoms with Crippen LogP contribution in [0, 0.1) is 0 Å². The molecule has 0 radical (unpaired) electrons. The Morgan fingerprint density at radius 1 is 0.447 bits per heavy atom. The summed E-state index contributed by atoms with van der Waals surface area (Å²) < 4.78 is 15.9. The molecule has 0 amide bonds. The maximum absolute atomic E-state index is 15.9. The third-order valence-electron chi connectivity index (χ3n) is 10.3. The van der Waals surface area contributed by atoms with Crippen molar-refractivity contribution in [1.82, 2.24) is 0 Å². The molecule has 8 aromatic rings. The molecular formula is C44H33OPSi. The van der Waals surface area contributed by atoms with Gasteiger partial charge in [-0.2, -0.15) is 0 Å². The Balaban J connectivity index is 1.39. The summed E-state index contributed by atoms with van der Waals surface area (Å²) in [5.41, 5.74) is 4.81. The topological polar surface area (TPSA) is 17.1 Å². The Labute approximate surface area is 276 Å². The number of benzene rings is 8. The van der Waals surface area contributed by atoms with Gasteiger partial charge in [0.15, 0.2) is 7.14 Å². The third-order valence-corrected chi connectivity index (χ3v) is 17.5. The summed E-state index contributed by atoms with van der Waals surface area (Å²) in [6.45, 7) is 4.81. The lowest BCUT2D eigenvalue weighted by Gasteiger charge is -2.38. The van der Waals surface area contributed by atoms with Crippen molar-refractivity contribution in [2.75, 3.05) is 0 Å². The van der Waals surface area contributed by atoms with Gasteiger partial charge in [0.2, 0.25) is 0 Å². The van der Waals surface area contributed by atoms with Crippen LogP contribution in [0.25, 0.3) is 54.6 Å². The molecule has 1 unspecified atom stereocenters. The van der Waals surface area contributed by atoms with Crippen LogP contribution in [0.3, 0.4) is 0 Å². The highest BCUT2D eigenvalue weighted by molar-refractivity contribution is 7.86. The monoisotopic (exact) mass is 636 g/mol. The van der Waals surface area contributed by atoms with E-state index >= 15 is 4.57 Å². The van der Waals surface area contributed by atoms with Crippen molar-refractivity contribution in [3.8, 4) is 22.3 Å². The van der Waals surface area contributed by atoms with Gasteiger partial charge >= 0.3 is 0 Å². The van der Waals surface area contributed by atoms with Crippen molar-refractivity contribution >= 4 is 73.8 Å². The molecule has 0 saturated carbocycles. The fourth-order valence-electron chi connectivity index (χ4n) is 8.12. The summed E-state index contributed by atoms with van der Waals surface area (Å²) >= 11 is 0. The van der Waals surface area contributed by atoms with Gasteiger partial charge in [0.05, 0.1) is 0 Å². The maximum atomic E-state index is 15.9. The van der Waals surface area contributed by atoms with E-state index in [9.17, 15) is 0 Å². The smallest absolute Gasteiger partial charge is 0.170 e. The largest absolute Gasteiger partial charge is 0.309 e. The fourth-order valence-corrected chi connectivity index (χ4v) is 16.3. The summed E-state index contributed by atoms with van der Waals surface area (Å²) in [6, 6.07) is 58.5. The molecule has 1 atom stereocenters. The molecule has 1 nitrogen and oxygen atoms in total. The molecule has 0 aliphatic carbocycles. The lowest BCUT2D eigenvalue weighted by Crippen LogP contribution is -2.67. The summed E-state index contributed by atoms with van der Waals surface area (Å²) in [7, 11) is -5.28. The molecule has 1 aliphatic rings. The quantitative estimate of drug-likeness (QED) is 0.107. The first-order valence-corrected chi connectivity index (χ1v) is 21.0. The van der Waals surface area contributed by atoms with Crippen molar-refractivity contribution in [2.45, 2.75) is 13.1 Å². The predicted molar refractivity (Wildman–Crippen MR) is 206 cm³/mol. The Morgan fingerprint density at radius 2 is 0.979 bits per heavy atom. The second-order valence-corrected chi connectivity index (χ2v) is 20.2. The zero-order valence-corrected chi connectivity index (χ0v) is 28.3. The normalized spacial score (nSPS) is 16.6. The first-order chi connectivity index (χ1) is 23.0. The number of fused-ring (bicyclic) bond motifs is 5. The number of rotatable bonds is 3. The predicted octanol–water partition coefficient (Wildman–Crippen LogP) is 9.26. The minimum absolute atomic E-state index is 0.899. The van der Waals surface area contributed by atoms with E-state index in [0.717, 1.165) is 21.5 Å². The van der Waals surface area contributed by atoms with Gasteiger partial charge in [-0.1, -0.05) is 171 Å². The van der Waals surface area contributed by atoms with Crippen LogP contribution in [0.4, 0.5) is 0 Å². The highest BCUT2D eigenvalue weighted by Crippen LogP contribution is 2.48. The van der Waals surface area contributed by atoms with E-state index in [4.69, 9.17) is 0 Å². The van der Waals surface area contributed by atoms with Crippen molar-refractivity contribution in [1.29, 1.82) is 0 Å². The molecule has 0 bridgehead atoms. The fraction of sp³-hybridized carbons (Fsp3) is 0.0455. The van der Waals surface area contributed by atoms with Crippen molar-refractivity contribution in [3.63, 3.8) is 0 Å². The SMILES string of the molecule is C[Si]1(C)c2ccccc2P(=O)(c2ccccc2)c2cc(-c3c4ccccc4c(-c4cccc5ccccc45)c4ccccc34)ccc21. The molecule has 0 aromatic heterocycles. The molecule has 47 heavy (non-hydrogen) atoms. The van der Waals surface area contributed by atoms with Crippen LogP contribution in [0.1, 0.15) is 0 Å². The van der Waals surface area contributed by atoms with Gasteiger partial charge in [0, 0.05) is 15.9 Å². The second-order valence-electron chi connectivity index (χ2n) is 13.2. The summed E-state index contributed by atoms with van der Waals surface area (Å²) in [6.07, 6.45) is 0. The molecule has 1 heterocycles. The molecular weight excluding hydrogens is 604 g/mol. The highest BCUT2D eigenvalue weighted by Gasteiger charge is 2.45. The van der Waals surface area contributed by atoms with Crippen LogP contribution in [-0.2, 0) is 4.57 Å². The number of hydrogen-bond acceptors (Lipinski definition) is 1. The van der Waals surface area contributed by atoms with Crippen LogP contribution in [0.5, 0.6) is 0 Å². The van der Waals surface area contributed by atoms with Crippen molar-refractivity contribution in [2.24, 2.45) is 0 Å². The van der Waals surface area contributed by atoms with Gasteiger partial charge in [0.25, 0.3) is 0 Å². The van der Waals surface area contributed by atoms with Crippen LogP contribution in [-0.4, -0.2) is 8.07 Å². The molecule has 1 aliphatic heterocycles. The number of hydrogen-bond donors (Lipinski definition) is 0. The highest BCUT2D eigenvalue weighted by atomic mass is 31.2. The van der Waals surface area contributed by atoms with E-state index < -0.39 is 15.2 Å². The van der Waals surface area contributed by atoms with E-state index in [-0.39, 0.29) is 0 Å². The average molecular weight is 637 g/mol. The standard InChI is InChI=1S/C44H33OPSi/c1-47(2)41-26-13-12-25-39(41)46(45,32-17-4-3-5-18-32)40-29-31(27-28-42(40)47)43-35-20-8-10-22-37(35)44(38-23-11-9-21-36(38)43)34-24-14-16-30-15-6-7-19-33(30)34/h3-29H,1-2H3. The van der Waals surface area contributed by atoms with Gasteiger partial charge < -0.3 is 4.57 Å². The third kappa shape index (κ3) is 4.05. The molecule has 0 saturated heterocycles. The first-order valence-electron chi connectivity index (χ1n) is 16.3. The Kier molecular flexibility index (Phi) is 6.31. The molecule has 0 fully saturated rings. The second kappa shape index (κ2) is 10.5. The Morgan fingerprint density at radius 3 is 1.68 bits per heavy atom. The lowest BCUT2D eigenvalue weighted by atomic mass is 9.85. The molecule has 0 spiro atoms. The maximum Gasteiger partial charge on any atom is 0.170 e. The Hall–Kier alpha value is -5.01. The summed E-state index contributed by atoms with van der Waals surface area (Å²) in [4.78, 5) is 0. The molecule has 0 N–H and O–H groups in total. The minimum Gasteiger partial charge on any atom is -0.309 e. The molecule has 8 aromatic carbocycles.